The molecule has 1 atom stereocenters. The molecule has 0 aromatic carbocycles. The summed E-state index contributed by atoms with van der Waals surface area (Å²) in [7, 11) is 0. The Morgan fingerprint density at radius 1 is 0.882 bits per heavy atom. The first-order valence-corrected chi connectivity index (χ1v) is 7.57. The van der Waals surface area contributed by atoms with E-state index in [-0.39, 0.29) is 0 Å². The van der Waals surface area contributed by atoms with Crippen LogP contribution in [0.15, 0.2) is 0 Å². The molecule has 1 saturated heterocycles. The van der Waals surface area contributed by atoms with Crippen LogP contribution in [0, 0.1) is 5.41 Å². The molecule has 17 heavy (non-hydrogen) atoms. The number of rotatable bonds is 2. The predicted molar refractivity (Wildman–Crippen MR) is 74.1 cm³/mol. The van der Waals surface area contributed by atoms with Crippen molar-refractivity contribution in [2.75, 3.05) is 19.6 Å². The Kier molecular flexibility index (Phi) is 4.14. The fourth-order valence-corrected chi connectivity index (χ4v) is 4.16. The maximum atomic E-state index is 6.22. The molecule has 0 aromatic rings. The van der Waals surface area contributed by atoms with Crippen LogP contribution in [-0.4, -0.2) is 30.1 Å². The van der Waals surface area contributed by atoms with Crippen molar-refractivity contribution < 1.29 is 0 Å². The van der Waals surface area contributed by atoms with E-state index in [1.807, 2.05) is 0 Å². The maximum absolute atomic E-state index is 6.22. The molecule has 1 heterocycles. The molecule has 1 aliphatic heterocycles. The molecule has 2 heteroatoms. The summed E-state index contributed by atoms with van der Waals surface area (Å²) in [5.74, 6) is 0. The fourth-order valence-electron chi connectivity index (χ4n) is 4.16. The van der Waals surface area contributed by atoms with E-state index in [0.717, 1.165) is 6.54 Å². The minimum absolute atomic E-state index is 0.296. The van der Waals surface area contributed by atoms with Gasteiger partial charge in [0.25, 0.3) is 0 Å². The van der Waals surface area contributed by atoms with Crippen LogP contribution in [0.25, 0.3) is 0 Å². The lowest BCUT2D eigenvalue weighted by Crippen LogP contribution is -2.60. The van der Waals surface area contributed by atoms with E-state index in [9.17, 15) is 0 Å². The topological polar surface area (TPSA) is 29.3 Å². The first-order chi connectivity index (χ1) is 8.12. The highest BCUT2D eigenvalue weighted by Crippen LogP contribution is 2.49. The zero-order valence-corrected chi connectivity index (χ0v) is 11.8. The number of hydrogen-bond acceptors (Lipinski definition) is 2. The highest BCUT2D eigenvalue weighted by Gasteiger charge is 2.51. The predicted octanol–water partition coefficient (Wildman–Crippen LogP) is 3.16. The van der Waals surface area contributed by atoms with Crippen LogP contribution in [0.1, 0.15) is 65.2 Å². The van der Waals surface area contributed by atoms with Gasteiger partial charge in [0.05, 0.1) is 0 Å². The number of nitrogens with zero attached hydrogens (tertiary/aromatic N) is 1. The molecule has 0 bridgehead atoms. The van der Waals surface area contributed by atoms with Crippen LogP contribution in [0.3, 0.4) is 0 Å². The van der Waals surface area contributed by atoms with Gasteiger partial charge in [-0.25, -0.2) is 0 Å². The summed E-state index contributed by atoms with van der Waals surface area (Å²) < 4.78 is 0. The monoisotopic (exact) mass is 238 g/mol. The maximum Gasteiger partial charge on any atom is 0.0382 e. The van der Waals surface area contributed by atoms with Gasteiger partial charge in [-0.15, -0.1) is 0 Å². The highest BCUT2D eigenvalue weighted by molar-refractivity contribution is 5.07. The molecular weight excluding hydrogens is 208 g/mol. The van der Waals surface area contributed by atoms with Gasteiger partial charge < -0.3 is 5.73 Å². The third kappa shape index (κ3) is 2.39. The first kappa shape index (κ1) is 13.4. The molecule has 0 aromatic heterocycles. The Morgan fingerprint density at radius 2 is 1.47 bits per heavy atom. The fraction of sp³-hybridized carbons (Fsp3) is 1.00. The summed E-state index contributed by atoms with van der Waals surface area (Å²) >= 11 is 0. The van der Waals surface area contributed by atoms with Crippen molar-refractivity contribution in [2.45, 2.75) is 70.8 Å². The minimum Gasteiger partial charge on any atom is -0.329 e. The van der Waals surface area contributed by atoms with Crippen LogP contribution < -0.4 is 5.73 Å². The molecule has 1 aliphatic carbocycles. The van der Waals surface area contributed by atoms with Gasteiger partial charge in [0.15, 0.2) is 0 Å². The van der Waals surface area contributed by atoms with E-state index in [1.165, 1.54) is 64.5 Å². The highest BCUT2D eigenvalue weighted by atomic mass is 15.2. The van der Waals surface area contributed by atoms with Crippen molar-refractivity contribution in [2.24, 2.45) is 11.1 Å². The van der Waals surface area contributed by atoms with Crippen molar-refractivity contribution in [3.63, 3.8) is 0 Å². The third-order valence-electron chi connectivity index (χ3n) is 5.45. The smallest absolute Gasteiger partial charge is 0.0382 e. The zero-order valence-electron chi connectivity index (χ0n) is 11.8. The molecule has 2 N–H and O–H groups in total. The number of hydrogen-bond donors (Lipinski definition) is 1. The summed E-state index contributed by atoms with van der Waals surface area (Å²) in [6, 6.07) is 0. The minimum atomic E-state index is 0.296. The summed E-state index contributed by atoms with van der Waals surface area (Å²) in [6.07, 6.45) is 11.0. The van der Waals surface area contributed by atoms with Gasteiger partial charge in [-0.05, 0) is 44.2 Å². The van der Waals surface area contributed by atoms with Crippen molar-refractivity contribution >= 4 is 0 Å². The Balaban J connectivity index is 2.15. The second-order valence-electron chi connectivity index (χ2n) is 6.73. The van der Waals surface area contributed by atoms with Crippen LogP contribution in [0.5, 0.6) is 0 Å². The molecule has 0 radical (unpaired) electrons. The molecule has 2 aliphatic rings. The van der Waals surface area contributed by atoms with Crippen LogP contribution in [0.4, 0.5) is 0 Å². The van der Waals surface area contributed by atoms with Crippen molar-refractivity contribution in [1.29, 1.82) is 0 Å². The van der Waals surface area contributed by atoms with E-state index in [1.54, 1.807) is 0 Å². The van der Waals surface area contributed by atoms with Crippen LogP contribution in [0.2, 0.25) is 0 Å². The van der Waals surface area contributed by atoms with Gasteiger partial charge in [0.1, 0.15) is 0 Å². The lowest BCUT2D eigenvalue weighted by Gasteiger charge is -2.50. The average Bonchev–Trinajstić information content (AvgIpc) is 2.54. The molecule has 1 saturated carbocycles. The van der Waals surface area contributed by atoms with E-state index in [0.29, 0.717) is 11.0 Å². The standard InChI is InChI=1S/C15H30N2/c1-14(2)9-8-10-15(14,13-16)17-11-6-4-3-5-7-12-17/h3-13,16H2,1-2H3. The molecule has 2 rings (SSSR count). The van der Waals surface area contributed by atoms with Gasteiger partial charge in [0.2, 0.25) is 0 Å². The van der Waals surface area contributed by atoms with E-state index < -0.39 is 0 Å². The SMILES string of the molecule is CC1(C)CCCC1(CN)N1CCCCCCC1. The van der Waals surface area contributed by atoms with Gasteiger partial charge in [-0.1, -0.05) is 39.5 Å². The van der Waals surface area contributed by atoms with Crippen molar-refractivity contribution in [3.05, 3.63) is 0 Å². The van der Waals surface area contributed by atoms with E-state index >= 15 is 0 Å². The summed E-state index contributed by atoms with van der Waals surface area (Å²) in [5, 5.41) is 0. The van der Waals surface area contributed by atoms with Gasteiger partial charge in [0, 0.05) is 12.1 Å². The van der Waals surface area contributed by atoms with Gasteiger partial charge in [-0.2, -0.15) is 0 Å². The van der Waals surface area contributed by atoms with Crippen molar-refractivity contribution in [3.8, 4) is 0 Å². The van der Waals surface area contributed by atoms with Crippen molar-refractivity contribution in [1.82, 2.24) is 4.90 Å². The molecule has 0 amide bonds. The largest absolute Gasteiger partial charge is 0.329 e. The zero-order chi connectivity index (χ0) is 12.4. The summed E-state index contributed by atoms with van der Waals surface area (Å²) in [5.41, 5.74) is 6.92. The average molecular weight is 238 g/mol. The lowest BCUT2D eigenvalue weighted by molar-refractivity contribution is 0.00726. The summed E-state index contributed by atoms with van der Waals surface area (Å²) in [6.45, 7) is 8.28. The molecule has 2 nitrogen and oxygen atoms in total. The quantitative estimate of drug-likeness (QED) is 0.800. The first-order valence-electron chi connectivity index (χ1n) is 7.57. The van der Waals surface area contributed by atoms with E-state index in [4.69, 9.17) is 5.73 Å². The van der Waals surface area contributed by atoms with E-state index in [2.05, 4.69) is 18.7 Å². The molecule has 0 spiro atoms. The molecule has 100 valence electrons. The second kappa shape index (κ2) is 5.27. The van der Waals surface area contributed by atoms with Gasteiger partial charge >= 0.3 is 0 Å². The van der Waals surface area contributed by atoms with Crippen LogP contribution >= 0.6 is 0 Å². The Hall–Kier alpha value is -0.0800. The van der Waals surface area contributed by atoms with Gasteiger partial charge in [-0.3, -0.25) is 4.90 Å². The number of likely N-dealkylation sites (tertiary alicyclic amines) is 1. The molecular formula is C15H30N2. The Labute approximate surface area is 107 Å². The Bertz CT molecular complexity index is 241. The molecule has 1 unspecified atom stereocenters. The lowest BCUT2D eigenvalue weighted by atomic mass is 9.73. The molecule has 2 fully saturated rings. The third-order valence-corrected chi connectivity index (χ3v) is 5.45. The Morgan fingerprint density at radius 3 is 1.94 bits per heavy atom. The summed E-state index contributed by atoms with van der Waals surface area (Å²) in [4.78, 5) is 2.76. The van der Waals surface area contributed by atoms with Crippen LogP contribution in [-0.2, 0) is 0 Å². The second-order valence-corrected chi connectivity index (χ2v) is 6.73. The normalized spacial score (nSPS) is 35.5. The number of nitrogens with two attached hydrogens (primary N) is 1.